The van der Waals surface area contributed by atoms with Gasteiger partial charge in [0.15, 0.2) is 5.82 Å². The van der Waals surface area contributed by atoms with E-state index in [0.29, 0.717) is 0 Å². The van der Waals surface area contributed by atoms with Gasteiger partial charge in [-0.05, 0) is 32.4 Å². The summed E-state index contributed by atoms with van der Waals surface area (Å²) in [6, 6.07) is 4.05. The SMILES string of the molecule is [CH2]C(OC)c1ccc(Nc2n[nH]c(CC)c2C)s1. The van der Waals surface area contributed by atoms with Crippen LogP contribution in [0.4, 0.5) is 10.8 Å². The maximum absolute atomic E-state index is 5.19. The standard InChI is InChI=1S/C13H18N3OS/c1-5-10-8(2)13(16-15-10)14-12-7-6-11(18-12)9(3)17-4/h6-7,9H,3,5H2,1-2,4H3,(H2,14,15,16). The monoisotopic (exact) mass is 264 g/mol. The Kier molecular flexibility index (Phi) is 4.04. The van der Waals surface area contributed by atoms with Crippen LogP contribution < -0.4 is 5.32 Å². The topological polar surface area (TPSA) is 49.9 Å². The highest BCUT2D eigenvalue weighted by Crippen LogP contribution is 2.31. The maximum atomic E-state index is 5.19. The average molecular weight is 264 g/mol. The lowest BCUT2D eigenvalue weighted by molar-refractivity contribution is 0.143. The minimum absolute atomic E-state index is 0.114. The molecule has 0 aliphatic heterocycles. The fourth-order valence-corrected chi connectivity index (χ4v) is 2.63. The van der Waals surface area contributed by atoms with E-state index in [1.165, 1.54) is 11.3 Å². The molecule has 1 radical (unpaired) electrons. The predicted octanol–water partition coefficient (Wildman–Crippen LogP) is 3.61. The highest BCUT2D eigenvalue weighted by atomic mass is 32.1. The van der Waals surface area contributed by atoms with Gasteiger partial charge in [-0.25, -0.2) is 0 Å². The van der Waals surface area contributed by atoms with E-state index in [1.807, 2.05) is 12.1 Å². The Morgan fingerprint density at radius 1 is 1.56 bits per heavy atom. The van der Waals surface area contributed by atoms with Crippen LogP contribution in [0.5, 0.6) is 0 Å². The number of aromatic amines is 1. The first kappa shape index (κ1) is 13.1. The summed E-state index contributed by atoms with van der Waals surface area (Å²) in [7, 11) is 1.66. The second-order valence-electron chi connectivity index (χ2n) is 4.08. The molecule has 0 aliphatic carbocycles. The summed E-state index contributed by atoms with van der Waals surface area (Å²) < 4.78 is 5.19. The lowest BCUT2D eigenvalue weighted by Crippen LogP contribution is -1.92. The normalized spacial score (nSPS) is 12.7. The number of aryl methyl sites for hydroxylation is 1. The summed E-state index contributed by atoms with van der Waals surface area (Å²) in [5.41, 5.74) is 2.34. The molecular weight excluding hydrogens is 246 g/mol. The molecule has 0 aliphatic rings. The molecule has 0 amide bonds. The van der Waals surface area contributed by atoms with Gasteiger partial charge >= 0.3 is 0 Å². The molecule has 1 atom stereocenters. The molecule has 97 valence electrons. The van der Waals surface area contributed by atoms with Gasteiger partial charge in [0.25, 0.3) is 0 Å². The zero-order valence-corrected chi connectivity index (χ0v) is 11.7. The molecule has 18 heavy (non-hydrogen) atoms. The molecule has 2 heterocycles. The van der Waals surface area contributed by atoms with Crippen LogP contribution in [0.15, 0.2) is 12.1 Å². The highest BCUT2D eigenvalue weighted by molar-refractivity contribution is 7.16. The summed E-state index contributed by atoms with van der Waals surface area (Å²) in [5, 5.41) is 11.7. The van der Waals surface area contributed by atoms with Gasteiger partial charge in [-0.2, -0.15) is 5.10 Å². The van der Waals surface area contributed by atoms with Crippen molar-refractivity contribution in [3.8, 4) is 0 Å². The quantitative estimate of drug-likeness (QED) is 0.867. The van der Waals surface area contributed by atoms with Crippen molar-refractivity contribution < 1.29 is 4.74 Å². The Morgan fingerprint density at radius 3 is 2.94 bits per heavy atom. The van der Waals surface area contributed by atoms with Crippen LogP contribution in [0.25, 0.3) is 0 Å². The summed E-state index contributed by atoms with van der Waals surface area (Å²) in [6.45, 7) is 8.10. The zero-order chi connectivity index (χ0) is 13.1. The number of hydrogen-bond donors (Lipinski definition) is 2. The van der Waals surface area contributed by atoms with E-state index in [2.05, 4.69) is 36.3 Å². The molecule has 2 N–H and O–H groups in total. The van der Waals surface area contributed by atoms with Gasteiger partial charge in [0.05, 0.1) is 11.1 Å². The molecule has 0 fully saturated rings. The van der Waals surface area contributed by atoms with Crippen LogP contribution in [-0.4, -0.2) is 17.3 Å². The third kappa shape index (κ3) is 2.57. The molecule has 0 saturated heterocycles. The molecule has 2 rings (SSSR count). The first-order chi connectivity index (χ1) is 8.65. The van der Waals surface area contributed by atoms with Gasteiger partial charge in [0.2, 0.25) is 0 Å². The van der Waals surface area contributed by atoms with E-state index in [0.717, 1.165) is 22.1 Å². The Balaban J connectivity index is 2.13. The summed E-state index contributed by atoms with van der Waals surface area (Å²) in [6.07, 6.45) is 0.845. The average Bonchev–Trinajstić information content (AvgIpc) is 2.97. The van der Waals surface area contributed by atoms with Crippen molar-refractivity contribution in [2.24, 2.45) is 0 Å². The van der Waals surface area contributed by atoms with Crippen LogP contribution in [0, 0.1) is 13.8 Å². The van der Waals surface area contributed by atoms with Crippen LogP contribution in [0.2, 0.25) is 0 Å². The number of nitrogens with one attached hydrogen (secondary N) is 2. The van der Waals surface area contributed by atoms with Crippen LogP contribution in [0.1, 0.15) is 29.2 Å². The zero-order valence-electron chi connectivity index (χ0n) is 10.9. The number of H-pyrrole nitrogens is 1. The summed E-state index contributed by atoms with van der Waals surface area (Å²) >= 11 is 1.63. The maximum Gasteiger partial charge on any atom is 0.155 e. The second-order valence-corrected chi connectivity index (χ2v) is 5.20. The summed E-state index contributed by atoms with van der Waals surface area (Å²) in [4.78, 5) is 1.10. The van der Waals surface area contributed by atoms with E-state index < -0.39 is 0 Å². The Labute approximate surface area is 111 Å². The molecule has 2 aromatic rings. The second kappa shape index (κ2) is 5.54. The van der Waals surface area contributed by atoms with Crippen molar-refractivity contribution in [1.82, 2.24) is 10.2 Å². The van der Waals surface area contributed by atoms with E-state index in [-0.39, 0.29) is 6.10 Å². The number of thiophene rings is 1. The van der Waals surface area contributed by atoms with Gasteiger partial charge in [0, 0.05) is 23.2 Å². The van der Waals surface area contributed by atoms with Gasteiger partial charge < -0.3 is 10.1 Å². The fourth-order valence-electron chi connectivity index (χ4n) is 1.73. The molecule has 1 unspecified atom stereocenters. The van der Waals surface area contributed by atoms with Gasteiger partial charge in [-0.3, -0.25) is 5.10 Å². The number of nitrogens with zero attached hydrogens (tertiary/aromatic N) is 1. The van der Waals surface area contributed by atoms with Crippen LogP contribution in [0.3, 0.4) is 0 Å². The van der Waals surface area contributed by atoms with E-state index in [4.69, 9.17) is 4.74 Å². The van der Waals surface area contributed by atoms with Gasteiger partial charge in [-0.1, -0.05) is 6.92 Å². The van der Waals surface area contributed by atoms with Crippen molar-refractivity contribution >= 4 is 22.2 Å². The Morgan fingerprint density at radius 2 is 2.33 bits per heavy atom. The molecule has 2 aromatic heterocycles. The first-order valence-corrected chi connectivity index (χ1v) is 6.73. The number of rotatable bonds is 5. The number of anilines is 2. The van der Waals surface area contributed by atoms with E-state index in [1.54, 1.807) is 18.4 Å². The lowest BCUT2D eigenvalue weighted by Gasteiger charge is -2.05. The minimum Gasteiger partial charge on any atom is -0.376 e. The van der Waals surface area contributed by atoms with Gasteiger partial charge in [-0.15, -0.1) is 11.3 Å². The predicted molar refractivity (Wildman–Crippen MR) is 75.4 cm³/mol. The van der Waals surface area contributed by atoms with Crippen LogP contribution >= 0.6 is 11.3 Å². The smallest absolute Gasteiger partial charge is 0.155 e. The highest BCUT2D eigenvalue weighted by Gasteiger charge is 2.11. The molecule has 5 heteroatoms. The molecule has 0 spiro atoms. The third-order valence-electron chi connectivity index (χ3n) is 2.93. The third-order valence-corrected chi connectivity index (χ3v) is 4.03. The molecule has 0 aromatic carbocycles. The number of aromatic nitrogens is 2. The minimum atomic E-state index is -0.114. The number of methoxy groups -OCH3 is 1. The summed E-state index contributed by atoms with van der Waals surface area (Å²) in [5.74, 6) is 0.887. The number of hydrogen-bond acceptors (Lipinski definition) is 4. The molecule has 0 saturated carbocycles. The Bertz CT molecular complexity index is 518. The van der Waals surface area contributed by atoms with Gasteiger partial charge in [0.1, 0.15) is 0 Å². The molecule has 4 nitrogen and oxygen atoms in total. The first-order valence-electron chi connectivity index (χ1n) is 5.92. The van der Waals surface area contributed by atoms with E-state index in [9.17, 15) is 0 Å². The van der Waals surface area contributed by atoms with Crippen molar-refractivity contribution in [3.63, 3.8) is 0 Å². The van der Waals surface area contributed by atoms with Crippen LogP contribution in [-0.2, 0) is 11.2 Å². The lowest BCUT2D eigenvalue weighted by atomic mass is 10.2. The van der Waals surface area contributed by atoms with Crippen molar-refractivity contribution in [1.29, 1.82) is 0 Å². The number of ether oxygens (including phenoxy) is 1. The fraction of sp³-hybridized carbons (Fsp3) is 0.385. The van der Waals surface area contributed by atoms with Crippen molar-refractivity contribution in [2.75, 3.05) is 12.4 Å². The molecule has 0 bridgehead atoms. The van der Waals surface area contributed by atoms with Crippen molar-refractivity contribution in [2.45, 2.75) is 26.4 Å². The van der Waals surface area contributed by atoms with E-state index >= 15 is 0 Å². The Hall–Kier alpha value is -1.33. The molecular formula is C13H18N3OS. The van der Waals surface area contributed by atoms with Crippen molar-refractivity contribution in [3.05, 3.63) is 35.2 Å². The largest absolute Gasteiger partial charge is 0.376 e.